The van der Waals surface area contributed by atoms with Gasteiger partial charge in [0.15, 0.2) is 0 Å². The molecule has 0 spiro atoms. The van der Waals surface area contributed by atoms with Crippen LogP contribution in [-0.2, 0) is 16.2 Å². The second-order valence-corrected chi connectivity index (χ2v) is 8.51. The van der Waals surface area contributed by atoms with Crippen LogP contribution in [-0.4, -0.2) is 26.1 Å². The van der Waals surface area contributed by atoms with Crippen LogP contribution in [0.2, 0.25) is 0 Å². The zero-order valence-electron chi connectivity index (χ0n) is 14.3. The molecule has 0 fully saturated rings. The number of hydrogen-bond acceptors (Lipinski definition) is 5. The smallest absolute Gasteiger partial charge is 0.416 e. The zero-order chi connectivity index (χ0) is 20.4. The van der Waals surface area contributed by atoms with Crippen LogP contribution < -0.4 is 9.46 Å². The molecule has 1 aromatic heterocycles. The Kier molecular flexibility index (Phi) is 6.05. The number of carboxylic acids is 1. The van der Waals surface area contributed by atoms with E-state index in [0.717, 1.165) is 18.2 Å². The number of alkyl halides is 3. The summed E-state index contributed by atoms with van der Waals surface area (Å²) >= 11 is 0.514. The fourth-order valence-corrected chi connectivity index (χ4v) is 4.56. The lowest BCUT2D eigenvalue weighted by Gasteiger charge is -2.15. The number of nitrogens with one attached hydrogen (secondary N) is 1. The number of halogens is 3. The molecule has 0 saturated heterocycles. The predicted octanol–water partition coefficient (Wildman–Crippen LogP) is 4.36. The number of aryl methyl sites for hydroxylation is 1. The van der Waals surface area contributed by atoms with E-state index in [4.69, 9.17) is 9.84 Å². The number of carboxylic acid groups (broad SMARTS) is 1. The summed E-state index contributed by atoms with van der Waals surface area (Å²) in [6, 6.07) is 3.62. The van der Waals surface area contributed by atoms with E-state index in [0.29, 0.717) is 23.8 Å². The first-order valence-electron chi connectivity index (χ1n) is 7.66. The minimum absolute atomic E-state index is 0.0554. The van der Waals surface area contributed by atoms with Crippen molar-refractivity contribution in [3.05, 3.63) is 40.3 Å². The number of hydrogen-bond donors (Lipinski definition) is 2. The molecule has 1 aromatic carbocycles. The summed E-state index contributed by atoms with van der Waals surface area (Å²) in [5.41, 5.74) is -1.18. The van der Waals surface area contributed by atoms with E-state index in [1.807, 2.05) is 0 Å². The normalized spacial score (nSPS) is 12.0. The van der Waals surface area contributed by atoms with Gasteiger partial charge in [0.2, 0.25) is 0 Å². The molecule has 0 aliphatic rings. The Hall–Kier alpha value is -2.27. The van der Waals surface area contributed by atoms with E-state index in [9.17, 15) is 26.4 Å². The molecule has 0 radical (unpaired) electrons. The van der Waals surface area contributed by atoms with Gasteiger partial charge in [-0.25, -0.2) is 13.2 Å². The molecule has 0 amide bonds. The molecule has 11 heteroatoms. The Morgan fingerprint density at radius 1 is 1.30 bits per heavy atom. The van der Waals surface area contributed by atoms with E-state index in [1.54, 1.807) is 6.92 Å². The Labute approximate surface area is 157 Å². The molecular formula is C16H16F3NO5S2. The maximum Gasteiger partial charge on any atom is 0.416 e. The molecule has 0 unspecified atom stereocenters. The van der Waals surface area contributed by atoms with Crippen LogP contribution in [0.4, 0.5) is 18.9 Å². The first-order valence-corrected chi connectivity index (χ1v) is 9.96. The van der Waals surface area contributed by atoms with Gasteiger partial charge in [0.1, 0.15) is 14.8 Å². The monoisotopic (exact) mass is 423 g/mol. The zero-order valence-corrected chi connectivity index (χ0v) is 15.9. The highest BCUT2D eigenvalue weighted by molar-refractivity contribution is 7.94. The summed E-state index contributed by atoms with van der Waals surface area (Å²) in [7, 11) is -4.30. The summed E-state index contributed by atoms with van der Waals surface area (Å²) in [5, 5.41) is 9.05. The number of rotatable bonds is 7. The number of thiophene rings is 1. The van der Waals surface area contributed by atoms with Gasteiger partial charge in [-0.3, -0.25) is 4.72 Å². The van der Waals surface area contributed by atoms with E-state index in [-0.39, 0.29) is 32.7 Å². The van der Waals surface area contributed by atoms with Crippen molar-refractivity contribution in [1.29, 1.82) is 0 Å². The molecule has 2 rings (SSSR count). The van der Waals surface area contributed by atoms with E-state index in [2.05, 4.69) is 4.72 Å². The van der Waals surface area contributed by atoms with Crippen LogP contribution in [0.25, 0.3) is 0 Å². The van der Waals surface area contributed by atoms with Crippen molar-refractivity contribution in [2.75, 3.05) is 11.3 Å². The topological polar surface area (TPSA) is 92.7 Å². The molecule has 2 N–H and O–H groups in total. The van der Waals surface area contributed by atoms with Crippen molar-refractivity contribution >= 4 is 33.0 Å². The van der Waals surface area contributed by atoms with E-state index in [1.165, 1.54) is 6.92 Å². The lowest BCUT2D eigenvalue weighted by atomic mass is 10.2. The Balaban J connectivity index is 2.46. The van der Waals surface area contributed by atoms with Crippen molar-refractivity contribution in [1.82, 2.24) is 0 Å². The van der Waals surface area contributed by atoms with Crippen LogP contribution in [0.5, 0.6) is 5.75 Å². The maximum atomic E-state index is 13.0. The third-order valence-corrected chi connectivity index (χ3v) is 6.43. The van der Waals surface area contributed by atoms with Crippen LogP contribution in [0.15, 0.2) is 28.5 Å². The minimum atomic E-state index is -4.67. The third-order valence-electron chi connectivity index (χ3n) is 3.37. The first kappa shape index (κ1) is 21.0. The number of sulfonamides is 1. The number of ether oxygens (including phenoxy) is 1. The van der Waals surface area contributed by atoms with Crippen molar-refractivity contribution in [2.24, 2.45) is 0 Å². The van der Waals surface area contributed by atoms with Crippen LogP contribution in [0.3, 0.4) is 0 Å². The summed E-state index contributed by atoms with van der Waals surface area (Å²) < 4.78 is 71.1. The molecule has 148 valence electrons. The summed E-state index contributed by atoms with van der Waals surface area (Å²) in [5.74, 6) is -1.34. The first-order chi connectivity index (χ1) is 12.5. The molecule has 27 heavy (non-hydrogen) atoms. The Bertz CT molecular complexity index is 951. The van der Waals surface area contributed by atoms with Gasteiger partial charge >= 0.3 is 12.1 Å². The number of aromatic carboxylic acids is 1. The fraction of sp³-hybridized carbons (Fsp3) is 0.312. The number of benzene rings is 1. The predicted molar refractivity (Wildman–Crippen MR) is 94.1 cm³/mol. The highest BCUT2D eigenvalue weighted by Crippen LogP contribution is 2.37. The van der Waals surface area contributed by atoms with Crippen molar-refractivity contribution in [3.8, 4) is 5.75 Å². The molecule has 0 aliphatic carbocycles. The molecule has 0 atom stereocenters. The fourth-order valence-electron chi connectivity index (χ4n) is 2.12. The SMILES string of the molecule is CCCOc1ccc(C(F)(F)F)cc1NS(=O)(=O)c1cc(C)c(C(=O)O)s1. The van der Waals surface area contributed by atoms with Gasteiger partial charge in [-0.05, 0) is 43.2 Å². The Morgan fingerprint density at radius 2 is 1.96 bits per heavy atom. The molecule has 6 nitrogen and oxygen atoms in total. The maximum absolute atomic E-state index is 13.0. The summed E-state index contributed by atoms with van der Waals surface area (Å²) in [4.78, 5) is 10.9. The largest absolute Gasteiger partial charge is 0.491 e. The van der Waals surface area contributed by atoms with Gasteiger partial charge in [-0.15, -0.1) is 11.3 Å². The van der Waals surface area contributed by atoms with Crippen molar-refractivity contribution < 1.29 is 36.2 Å². The highest BCUT2D eigenvalue weighted by atomic mass is 32.2. The third kappa shape index (κ3) is 4.92. The summed E-state index contributed by atoms with van der Waals surface area (Å²) in [6.07, 6.45) is -4.10. The van der Waals surface area contributed by atoms with Crippen LogP contribution >= 0.6 is 11.3 Å². The minimum Gasteiger partial charge on any atom is -0.491 e. The van der Waals surface area contributed by atoms with Gasteiger partial charge in [0.05, 0.1) is 17.9 Å². The van der Waals surface area contributed by atoms with Crippen molar-refractivity contribution in [2.45, 2.75) is 30.7 Å². The van der Waals surface area contributed by atoms with Gasteiger partial charge in [0.25, 0.3) is 10.0 Å². The molecule has 0 bridgehead atoms. The van der Waals surface area contributed by atoms with Gasteiger partial charge in [-0.1, -0.05) is 6.92 Å². The lowest BCUT2D eigenvalue weighted by Crippen LogP contribution is -2.14. The average Bonchev–Trinajstić information content (AvgIpc) is 2.95. The molecule has 2 aromatic rings. The lowest BCUT2D eigenvalue weighted by molar-refractivity contribution is -0.137. The summed E-state index contributed by atoms with van der Waals surface area (Å²) in [6.45, 7) is 3.40. The second-order valence-electron chi connectivity index (χ2n) is 5.55. The second kappa shape index (κ2) is 7.77. The molecule has 0 saturated carbocycles. The molecule has 0 aliphatic heterocycles. The van der Waals surface area contributed by atoms with Gasteiger partial charge in [-0.2, -0.15) is 13.2 Å². The number of anilines is 1. The number of carbonyl (C=O) groups is 1. The Morgan fingerprint density at radius 3 is 2.48 bits per heavy atom. The molecular weight excluding hydrogens is 407 g/mol. The van der Waals surface area contributed by atoms with Crippen LogP contribution in [0, 0.1) is 6.92 Å². The van der Waals surface area contributed by atoms with Crippen LogP contribution in [0.1, 0.15) is 34.1 Å². The van der Waals surface area contributed by atoms with E-state index < -0.39 is 27.7 Å². The average molecular weight is 423 g/mol. The van der Waals surface area contributed by atoms with Crippen molar-refractivity contribution in [3.63, 3.8) is 0 Å². The van der Waals surface area contributed by atoms with E-state index >= 15 is 0 Å². The van der Waals surface area contributed by atoms with Gasteiger partial charge in [0, 0.05) is 0 Å². The molecule has 1 heterocycles. The standard InChI is InChI=1S/C16H16F3NO5S2/c1-3-6-25-12-5-4-10(16(17,18)19)8-11(12)20-27(23,24)13-7-9(2)14(26-13)15(21)22/h4-5,7-8,20H,3,6H2,1-2H3,(H,21,22). The van der Waals surface area contributed by atoms with Gasteiger partial charge < -0.3 is 9.84 Å². The quantitative estimate of drug-likeness (QED) is 0.690. The highest BCUT2D eigenvalue weighted by Gasteiger charge is 2.32.